The first-order chi connectivity index (χ1) is 6.35. The normalized spacial score (nSPS) is 14.8. The van der Waals surface area contributed by atoms with E-state index in [1.807, 2.05) is 0 Å². The first-order valence-corrected chi connectivity index (χ1v) is 4.67. The molecule has 0 aromatic rings. The summed E-state index contributed by atoms with van der Waals surface area (Å²) in [6.07, 6.45) is -4.91. The van der Waals surface area contributed by atoms with Gasteiger partial charge in [-0.05, 0) is 7.05 Å². The molecule has 0 aliphatic heterocycles. The topological polar surface area (TPSA) is 12.5 Å². The van der Waals surface area contributed by atoms with Gasteiger partial charge in [0, 0.05) is 20.2 Å². The van der Waals surface area contributed by atoms with Gasteiger partial charge in [0.2, 0.25) is 0 Å². The van der Waals surface area contributed by atoms with Crippen molar-refractivity contribution in [2.24, 2.45) is 0 Å². The van der Waals surface area contributed by atoms with Crippen LogP contribution < -0.4 is 0 Å². The van der Waals surface area contributed by atoms with Crippen LogP contribution in [0.3, 0.4) is 0 Å². The zero-order valence-electron chi connectivity index (χ0n) is 8.27. The number of alkyl halides is 4. The van der Waals surface area contributed by atoms with E-state index >= 15 is 0 Å². The molecule has 0 amide bonds. The Labute approximate surface area is 87.0 Å². The zero-order valence-corrected chi connectivity index (χ0v) is 9.03. The van der Waals surface area contributed by atoms with Gasteiger partial charge in [-0.3, -0.25) is 0 Å². The maximum atomic E-state index is 11.8. The van der Waals surface area contributed by atoms with Crippen LogP contribution in [0, 0.1) is 0 Å². The molecule has 0 saturated heterocycles. The number of ether oxygens (including phenoxy) is 1. The number of rotatable bonds is 6. The molecule has 0 radical (unpaired) electrons. The predicted molar refractivity (Wildman–Crippen MR) is 49.7 cm³/mol. The minimum atomic E-state index is -4.10. The van der Waals surface area contributed by atoms with E-state index in [-0.39, 0.29) is 11.9 Å². The smallest absolute Gasteiger partial charge is 0.383 e. The molecule has 0 bridgehead atoms. The van der Waals surface area contributed by atoms with Crippen molar-refractivity contribution in [3.8, 4) is 0 Å². The van der Waals surface area contributed by atoms with Crippen LogP contribution in [-0.4, -0.2) is 50.3 Å². The summed E-state index contributed by atoms with van der Waals surface area (Å²) >= 11 is 5.78. The fourth-order valence-corrected chi connectivity index (χ4v) is 1.34. The lowest BCUT2D eigenvalue weighted by Gasteiger charge is -2.20. The molecule has 6 heteroatoms. The lowest BCUT2D eigenvalue weighted by Crippen LogP contribution is -2.31. The molecule has 0 aliphatic carbocycles. The Morgan fingerprint density at radius 2 is 2.00 bits per heavy atom. The van der Waals surface area contributed by atoms with E-state index in [4.69, 9.17) is 16.3 Å². The Morgan fingerprint density at radius 1 is 1.43 bits per heavy atom. The molecule has 0 aliphatic rings. The molecule has 0 aromatic carbocycles. The molecule has 0 rings (SSSR count). The van der Waals surface area contributed by atoms with Gasteiger partial charge >= 0.3 is 6.18 Å². The third kappa shape index (κ3) is 8.59. The van der Waals surface area contributed by atoms with E-state index < -0.39 is 12.6 Å². The lowest BCUT2D eigenvalue weighted by atomic mass is 10.3. The summed E-state index contributed by atoms with van der Waals surface area (Å²) in [4.78, 5) is 1.55. The van der Waals surface area contributed by atoms with Gasteiger partial charge in [0.25, 0.3) is 0 Å². The molecule has 0 N–H and O–H groups in total. The molecule has 1 unspecified atom stereocenters. The quantitative estimate of drug-likeness (QED) is 0.652. The zero-order chi connectivity index (χ0) is 11.2. The average Bonchev–Trinajstić information content (AvgIpc) is 2.00. The minimum Gasteiger partial charge on any atom is -0.383 e. The molecule has 2 nitrogen and oxygen atoms in total. The van der Waals surface area contributed by atoms with E-state index in [1.54, 1.807) is 11.9 Å². The van der Waals surface area contributed by atoms with Crippen LogP contribution in [0.1, 0.15) is 6.42 Å². The van der Waals surface area contributed by atoms with Gasteiger partial charge in [-0.2, -0.15) is 13.2 Å². The van der Waals surface area contributed by atoms with E-state index in [2.05, 4.69) is 0 Å². The van der Waals surface area contributed by atoms with Gasteiger partial charge < -0.3 is 9.64 Å². The van der Waals surface area contributed by atoms with Crippen molar-refractivity contribution >= 4 is 11.6 Å². The third-order valence-electron chi connectivity index (χ3n) is 1.63. The van der Waals surface area contributed by atoms with Crippen LogP contribution in [0.15, 0.2) is 0 Å². The Morgan fingerprint density at radius 3 is 2.43 bits per heavy atom. The van der Waals surface area contributed by atoms with Gasteiger partial charge in [0.1, 0.15) is 0 Å². The Kier molecular flexibility index (Phi) is 6.48. The van der Waals surface area contributed by atoms with Crippen LogP contribution >= 0.6 is 11.6 Å². The highest BCUT2D eigenvalue weighted by atomic mass is 35.5. The van der Waals surface area contributed by atoms with E-state index in [1.165, 1.54) is 7.11 Å². The Bertz CT molecular complexity index is 154. The van der Waals surface area contributed by atoms with Crippen LogP contribution in [-0.2, 0) is 4.74 Å². The average molecular weight is 234 g/mol. The molecule has 0 fully saturated rings. The second kappa shape index (κ2) is 6.48. The minimum absolute atomic E-state index is 0.0313. The fourth-order valence-electron chi connectivity index (χ4n) is 0.981. The van der Waals surface area contributed by atoms with Crippen molar-refractivity contribution in [2.75, 3.05) is 33.9 Å². The molecule has 86 valence electrons. The first-order valence-electron chi connectivity index (χ1n) is 4.23. The fraction of sp³-hybridized carbons (Fsp3) is 1.00. The lowest BCUT2D eigenvalue weighted by molar-refractivity contribution is -0.137. The van der Waals surface area contributed by atoms with Crippen LogP contribution in [0.2, 0.25) is 0 Å². The monoisotopic (exact) mass is 233 g/mol. The van der Waals surface area contributed by atoms with Gasteiger partial charge in [-0.25, -0.2) is 0 Å². The van der Waals surface area contributed by atoms with Crippen molar-refractivity contribution in [1.82, 2.24) is 4.90 Å². The second-order valence-corrected chi connectivity index (χ2v) is 3.80. The summed E-state index contributed by atoms with van der Waals surface area (Å²) in [5, 5.41) is -0.266. The van der Waals surface area contributed by atoms with Gasteiger partial charge in [-0.15, -0.1) is 11.6 Å². The van der Waals surface area contributed by atoms with Crippen LogP contribution in [0.5, 0.6) is 0 Å². The highest BCUT2D eigenvalue weighted by molar-refractivity contribution is 6.20. The third-order valence-corrected chi connectivity index (χ3v) is 1.90. The molecule has 0 spiro atoms. The summed E-state index contributed by atoms with van der Waals surface area (Å²) < 4.78 is 40.2. The van der Waals surface area contributed by atoms with Crippen molar-refractivity contribution in [3.63, 3.8) is 0 Å². The summed E-state index contributed by atoms with van der Waals surface area (Å²) in [6, 6.07) is 0. The second-order valence-electron chi connectivity index (χ2n) is 3.18. The number of hydrogen-bond acceptors (Lipinski definition) is 2. The van der Waals surface area contributed by atoms with Gasteiger partial charge in [-0.1, -0.05) is 0 Å². The van der Waals surface area contributed by atoms with Gasteiger partial charge in [0.15, 0.2) is 0 Å². The van der Waals surface area contributed by atoms with Crippen molar-refractivity contribution in [2.45, 2.75) is 18.0 Å². The highest BCUT2D eigenvalue weighted by Gasteiger charge is 2.27. The van der Waals surface area contributed by atoms with E-state index in [0.717, 1.165) is 0 Å². The molecule has 14 heavy (non-hydrogen) atoms. The largest absolute Gasteiger partial charge is 0.390 e. The number of nitrogens with zero attached hydrogens (tertiary/aromatic N) is 1. The van der Waals surface area contributed by atoms with Crippen LogP contribution in [0.25, 0.3) is 0 Å². The maximum Gasteiger partial charge on any atom is 0.390 e. The molecular weight excluding hydrogens is 219 g/mol. The Balaban J connectivity index is 3.59. The summed E-state index contributed by atoms with van der Waals surface area (Å²) in [6.45, 7) is 0.708. The van der Waals surface area contributed by atoms with E-state index in [9.17, 15) is 13.2 Å². The summed E-state index contributed by atoms with van der Waals surface area (Å²) in [5.74, 6) is 0. The maximum absolute atomic E-state index is 11.8. The molecule has 0 heterocycles. The summed E-state index contributed by atoms with van der Waals surface area (Å²) in [5.41, 5.74) is 0. The van der Waals surface area contributed by atoms with Crippen molar-refractivity contribution in [1.29, 1.82) is 0 Å². The first kappa shape index (κ1) is 14.0. The molecular formula is C8H15ClF3NO. The molecule has 0 aromatic heterocycles. The van der Waals surface area contributed by atoms with Gasteiger partial charge in [0.05, 0.1) is 18.4 Å². The molecule has 0 saturated carbocycles. The van der Waals surface area contributed by atoms with Crippen molar-refractivity contribution in [3.05, 3.63) is 0 Å². The highest BCUT2D eigenvalue weighted by Crippen LogP contribution is 2.19. The SMILES string of the molecule is COCC(Cl)CN(C)CCC(F)(F)F. The Hall–Kier alpha value is -0.0000000000000000555. The predicted octanol–water partition coefficient (Wildman–Crippen LogP) is 2.12. The standard InChI is InChI=1S/C8H15ClF3NO/c1-13(4-3-8(10,11)12)5-7(9)6-14-2/h7H,3-6H2,1-2H3. The number of methoxy groups -OCH3 is 1. The summed E-state index contributed by atoms with van der Waals surface area (Å²) in [7, 11) is 3.11. The molecule has 1 atom stereocenters. The number of hydrogen-bond donors (Lipinski definition) is 0. The number of halogens is 4. The van der Waals surface area contributed by atoms with E-state index in [0.29, 0.717) is 13.2 Å². The van der Waals surface area contributed by atoms with Crippen molar-refractivity contribution < 1.29 is 17.9 Å². The van der Waals surface area contributed by atoms with Crippen LogP contribution in [0.4, 0.5) is 13.2 Å².